The average molecular weight is 406 g/mol. The molecule has 0 fully saturated rings. The number of benzene rings is 1. The number of amides is 2. The van der Waals surface area contributed by atoms with Crippen LogP contribution in [0.25, 0.3) is 11.5 Å². The number of halogens is 3. The van der Waals surface area contributed by atoms with Crippen LogP contribution < -0.4 is 5.32 Å². The van der Waals surface area contributed by atoms with Gasteiger partial charge in [0.1, 0.15) is 5.76 Å². The van der Waals surface area contributed by atoms with Crippen LogP contribution in [0.3, 0.4) is 0 Å². The summed E-state index contributed by atoms with van der Waals surface area (Å²) in [6.07, 6.45) is 0.429. The normalized spacial score (nSPS) is 16.1. The predicted molar refractivity (Wildman–Crippen MR) is 95.6 cm³/mol. The van der Waals surface area contributed by atoms with E-state index in [-0.39, 0.29) is 5.69 Å². The summed E-state index contributed by atoms with van der Waals surface area (Å²) in [5, 5.41) is 6.49. The Morgan fingerprint density at radius 1 is 1.24 bits per heavy atom. The van der Waals surface area contributed by atoms with Crippen molar-refractivity contribution in [3.05, 3.63) is 52.5 Å². The Labute approximate surface area is 163 Å². The molecule has 0 spiro atoms. The molecule has 0 aliphatic carbocycles. The van der Waals surface area contributed by atoms with Gasteiger partial charge in [0.15, 0.2) is 34.8 Å². The van der Waals surface area contributed by atoms with Gasteiger partial charge in [-0.05, 0) is 13.8 Å². The van der Waals surface area contributed by atoms with Gasteiger partial charge in [0.25, 0.3) is 0 Å². The molecule has 1 aliphatic rings. The molecule has 1 aromatic carbocycles. The minimum atomic E-state index is -1.59. The molecule has 0 radical (unpaired) electrons. The Bertz CT molecular complexity index is 1090. The van der Waals surface area contributed by atoms with E-state index in [9.17, 15) is 18.0 Å². The highest BCUT2D eigenvalue weighted by atomic mass is 19.2. The molecule has 152 valence electrons. The molecule has 29 heavy (non-hydrogen) atoms. The molecule has 1 atom stereocenters. The van der Waals surface area contributed by atoms with E-state index in [4.69, 9.17) is 8.94 Å². The number of anilines is 1. The van der Waals surface area contributed by atoms with Crippen LogP contribution in [0.2, 0.25) is 0 Å². The minimum absolute atomic E-state index is 0.182. The number of carbonyl (C=O) groups excluding carboxylic acids is 1. The smallest absolute Gasteiger partial charge is 0.322 e. The van der Waals surface area contributed by atoms with Crippen molar-refractivity contribution in [2.45, 2.75) is 33.2 Å². The summed E-state index contributed by atoms with van der Waals surface area (Å²) in [6.45, 7) is 5.56. The molecule has 10 heteroatoms. The number of aryl methyl sites for hydroxylation is 2. The van der Waals surface area contributed by atoms with E-state index in [0.29, 0.717) is 47.3 Å². The molecule has 0 bridgehead atoms. The first-order valence-electron chi connectivity index (χ1n) is 8.91. The third kappa shape index (κ3) is 3.24. The summed E-state index contributed by atoms with van der Waals surface area (Å²) in [7, 11) is 0. The summed E-state index contributed by atoms with van der Waals surface area (Å²) in [4.78, 5) is 18.5. The highest BCUT2D eigenvalue weighted by Crippen LogP contribution is 2.38. The number of hydrogen-bond donors (Lipinski definition) is 1. The molecule has 1 unspecified atom stereocenters. The monoisotopic (exact) mass is 406 g/mol. The van der Waals surface area contributed by atoms with E-state index in [2.05, 4.69) is 15.5 Å². The van der Waals surface area contributed by atoms with Gasteiger partial charge in [-0.15, -0.1) is 0 Å². The van der Waals surface area contributed by atoms with E-state index < -0.39 is 29.5 Å². The lowest BCUT2D eigenvalue weighted by Crippen LogP contribution is -2.41. The molecular formula is C19H17F3N4O3. The second kappa shape index (κ2) is 6.94. The van der Waals surface area contributed by atoms with Gasteiger partial charge in [0.05, 0.1) is 11.7 Å². The summed E-state index contributed by atoms with van der Waals surface area (Å²) in [6, 6.07) is 0.408. The van der Waals surface area contributed by atoms with Crippen molar-refractivity contribution in [1.82, 2.24) is 15.0 Å². The molecule has 2 amide bonds. The van der Waals surface area contributed by atoms with Crippen LogP contribution in [0.1, 0.15) is 35.9 Å². The third-order valence-corrected chi connectivity index (χ3v) is 4.89. The maximum absolute atomic E-state index is 13.4. The Morgan fingerprint density at radius 2 is 1.93 bits per heavy atom. The standard InChI is InChI=1S/C19H17F3N4O3/c1-8-15-14(25-29-18(15)17-9(2)28-10(3)23-17)4-5-26(8)19(27)24-11-6-12(20)16(22)13(21)7-11/h6-8H,4-5H2,1-3H3,(H,24,27). The van der Waals surface area contributed by atoms with Crippen LogP contribution in [-0.4, -0.2) is 27.6 Å². The molecule has 3 aromatic rings. The Morgan fingerprint density at radius 3 is 2.55 bits per heavy atom. The zero-order valence-electron chi connectivity index (χ0n) is 15.8. The molecule has 4 rings (SSSR count). The lowest BCUT2D eigenvalue weighted by Gasteiger charge is -2.33. The minimum Gasteiger partial charge on any atom is -0.446 e. The molecular weight excluding hydrogens is 389 g/mol. The van der Waals surface area contributed by atoms with Crippen molar-refractivity contribution in [2.24, 2.45) is 0 Å². The van der Waals surface area contributed by atoms with E-state index in [1.54, 1.807) is 20.8 Å². The zero-order valence-corrected chi connectivity index (χ0v) is 15.8. The number of rotatable bonds is 2. The van der Waals surface area contributed by atoms with Gasteiger partial charge in [0.2, 0.25) is 0 Å². The van der Waals surface area contributed by atoms with E-state index in [0.717, 1.165) is 12.1 Å². The molecule has 1 N–H and O–H groups in total. The fourth-order valence-electron chi connectivity index (χ4n) is 3.53. The van der Waals surface area contributed by atoms with Crippen LogP contribution in [0.4, 0.5) is 23.7 Å². The van der Waals surface area contributed by atoms with Gasteiger partial charge < -0.3 is 19.2 Å². The largest absolute Gasteiger partial charge is 0.446 e. The number of urea groups is 1. The van der Waals surface area contributed by atoms with Gasteiger partial charge in [-0.2, -0.15) is 0 Å². The van der Waals surface area contributed by atoms with Crippen LogP contribution in [-0.2, 0) is 6.42 Å². The summed E-state index contributed by atoms with van der Waals surface area (Å²) in [5.74, 6) is -2.90. The Kier molecular flexibility index (Phi) is 4.56. The van der Waals surface area contributed by atoms with E-state index in [1.807, 2.05) is 0 Å². The number of oxazole rings is 1. The number of aromatic nitrogens is 2. The van der Waals surface area contributed by atoms with Crippen LogP contribution in [0.5, 0.6) is 0 Å². The van der Waals surface area contributed by atoms with Crippen molar-refractivity contribution in [3.63, 3.8) is 0 Å². The maximum atomic E-state index is 13.4. The lowest BCUT2D eigenvalue weighted by molar-refractivity contribution is 0.188. The maximum Gasteiger partial charge on any atom is 0.322 e. The van der Waals surface area contributed by atoms with Crippen molar-refractivity contribution in [1.29, 1.82) is 0 Å². The van der Waals surface area contributed by atoms with Gasteiger partial charge in [-0.25, -0.2) is 22.9 Å². The highest BCUT2D eigenvalue weighted by Gasteiger charge is 2.35. The van der Waals surface area contributed by atoms with Crippen molar-refractivity contribution >= 4 is 11.7 Å². The number of carbonyl (C=O) groups is 1. The number of fused-ring (bicyclic) bond motifs is 1. The van der Waals surface area contributed by atoms with Crippen molar-refractivity contribution in [2.75, 3.05) is 11.9 Å². The van der Waals surface area contributed by atoms with Gasteiger partial charge in [-0.3, -0.25) is 0 Å². The van der Waals surface area contributed by atoms with Crippen LogP contribution >= 0.6 is 0 Å². The summed E-state index contributed by atoms with van der Waals surface area (Å²) >= 11 is 0. The molecule has 0 saturated heterocycles. The fraction of sp³-hybridized carbons (Fsp3) is 0.316. The number of hydrogen-bond acceptors (Lipinski definition) is 5. The van der Waals surface area contributed by atoms with E-state index in [1.165, 1.54) is 4.90 Å². The first-order chi connectivity index (χ1) is 13.8. The van der Waals surface area contributed by atoms with Crippen LogP contribution in [0.15, 0.2) is 21.1 Å². The highest BCUT2D eigenvalue weighted by molar-refractivity contribution is 5.90. The summed E-state index contributed by atoms with van der Waals surface area (Å²) in [5.41, 5.74) is 1.72. The van der Waals surface area contributed by atoms with E-state index >= 15 is 0 Å². The average Bonchev–Trinajstić information content (AvgIpc) is 3.22. The van der Waals surface area contributed by atoms with Crippen molar-refractivity contribution in [3.8, 4) is 11.5 Å². The van der Waals surface area contributed by atoms with Gasteiger partial charge in [0, 0.05) is 43.3 Å². The second-order valence-corrected chi connectivity index (χ2v) is 6.81. The third-order valence-electron chi connectivity index (χ3n) is 4.89. The Hall–Kier alpha value is -3.30. The molecule has 1 aliphatic heterocycles. The van der Waals surface area contributed by atoms with Crippen LogP contribution in [0, 0.1) is 31.3 Å². The molecule has 3 heterocycles. The fourth-order valence-corrected chi connectivity index (χ4v) is 3.53. The zero-order chi connectivity index (χ0) is 20.9. The van der Waals surface area contributed by atoms with Crippen molar-refractivity contribution < 1.29 is 26.9 Å². The number of nitrogens with zero attached hydrogens (tertiary/aromatic N) is 3. The predicted octanol–water partition coefficient (Wildman–Crippen LogP) is 4.51. The number of nitrogens with one attached hydrogen (secondary N) is 1. The summed E-state index contributed by atoms with van der Waals surface area (Å²) < 4.78 is 50.9. The van der Waals surface area contributed by atoms with Gasteiger partial charge in [-0.1, -0.05) is 5.16 Å². The first-order valence-corrected chi connectivity index (χ1v) is 8.91. The quantitative estimate of drug-likeness (QED) is 0.633. The SMILES string of the molecule is Cc1nc(-c2onc3c2C(C)N(C(=O)Nc2cc(F)c(F)c(F)c2)CC3)c(C)o1. The van der Waals surface area contributed by atoms with Gasteiger partial charge >= 0.3 is 6.03 Å². The Balaban J connectivity index is 1.62. The molecule has 2 aromatic heterocycles. The topological polar surface area (TPSA) is 84.4 Å². The molecule has 7 nitrogen and oxygen atoms in total. The molecule has 0 saturated carbocycles. The second-order valence-electron chi connectivity index (χ2n) is 6.81. The lowest BCUT2D eigenvalue weighted by atomic mass is 9.96. The first kappa shape index (κ1) is 19.0.